The Hall–Kier alpha value is -0.870. The molecular weight excluding hydrogens is 357 g/mol. The standard InChI is InChI=1S/C18H22IN/c1-3-4-5-14-6-8-15(9-7-14)18(20-2)16-10-12-17(19)13-11-16/h6-13,18,20H,3-5H2,1-2H3. The summed E-state index contributed by atoms with van der Waals surface area (Å²) in [5, 5.41) is 3.41. The topological polar surface area (TPSA) is 12.0 Å². The number of unbranched alkanes of at least 4 members (excludes halogenated alkanes) is 1. The summed E-state index contributed by atoms with van der Waals surface area (Å²) in [5.41, 5.74) is 4.08. The highest BCUT2D eigenvalue weighted by Crippen LogP contribution is 2.23. The predicted molar refractivity (Wildman–Crippen MR) is 95.1 cm³/mol. The smallest absolute Gasteiger partial charge is 0.0574 e. The maximum Gasteiger partial charge on any atom is 0.0574 e. The van der Waals surface area contributed by atoms with E-state index in [2.05, 4.69) is 83.4 Å². The van der Waals surface area contributed by atoms with E-state index in [0.29, 0.717) is 0 Å². The Labute approximate surface area is 135 Å². The van der Waals surface area contributed by atoms with Gasteiger partial charge in [-0.15, -0.1) is 0 Å². The molecule has 106 valence electrons. The lowest BCUT2D eigenvalue weighted by Crippen LogP contribution is -2.17. The maximum absolute atomic E-state index is 3.41. The van der Waals surface area contributed by atoms with E-state index in [1.165, 1.54) is 39.5 Å². The first-order valence-electron chi connectivity index (χ1n) is 7.26. The third kappa shape index (κ3) is 4.06. The number of halogens is 1. The largest absolute Gasteiger partial charge is 0.309 e. The Morgan fingerprint density at radius 3 is 2.00 bits per heavy atom. The summed E-state index contributed by atoms with van der Waals surface area (Å²) >= 11 is 2.34. The molecule has 0 radical (unpaired) electrons. The van der Waals surface area contributed by atoms with E-state index in [9.17, 15) is 0 Å². The molecule has 2 heteroatoms. The van der Waals surface area contributed by atoms with E-state index in [1.807, 2.05) is 7.05 Å². The van der Waals surface area contributed by atoms with Crippen LogP contribution in [0.5, 0.6) is 0 Å². The molecule has 0 aliphatic carbocycles. The van der Waals surface area contributed by atoms with Crippen molar-refractivity contribution < 1.29 is 0 Å². The molecule has 1 nitrogen and oxygen atoms in total. The minimum atomic E-state index is 0.271. The van der Waals surface area contributed by atoms with Crippen molar-refractivity contribution in [3.63, 3.8) is 0 Å². The molecule has 1 unspecified atom stereocenters. The summed E-state index contributed by atoms with van der Waals surface area (Å²) in [4.78, 5) is 0. The molecule has 2 aromatic rings. The molecule has 0 bridgehead atoms. The normalized spacial score (nSPS) is 12.3. The summed E-state index contributed by atoms with van der Waals surface area (Å²) < 4.78 is 1.27. The van der Waals surface area contributed by atoms with Crippen molar-refractivity contribution >= 4 is 22.6 Å². The molecule has 0 aromatic heterocycles. The number of rotatable bonds is 6. The van der Waals surface area contributed by atoms with Gasteiger partial charge in [-0.3, -0.25) is 0 Å². The molecule has 0 fully saturated rings. The third-order valence-corrected chi connectivity index (χ3v) is 4.34. The monoisotopic (exact) mass is 379 g/mol. The minimum Gasteiger partial charge on any atom is -0.309 e. The summed E-state index contributed by atoms with van der Waals surface area (Å²) in [6, 6.07) is 18.0. The average molecular weight is 379 g/mol. The first kappa shape index (κ1) is 15.5. The molecular formula is C18H22IN. The Kier molecular flexibility index (Phi) is 6.05. The highest BCUT2D eigenvalue weighted by molar-refractivity contribution is 14.1. The van der Waals surface area contributed by atoms with Gasteiger partial charge >= 0.3 is 0 Å². The Morgan fingerprint density at radius 1 is 0.950 bits per heavy atom. The second-order valence-electron chi connectivity index (χ2n) is 5.12. The fourth-order valence-corrected chi connectivity index (χ4v) is 2.80. The fourth-order valence-electron chi connectivity index (χ4n) is 2.44. The zero-order chi connectivity index (χ0) is 14.4. The SMILES string of the molecule is CCCCc1ccc(C(NC)c2ccc(I)cc2)cc1. The molecule has 0 aliphatic rings. The van der Waals surface area contributed by atoms with Crippen LogP contribution in [-0.2, 0) is 6.42 Å². The molecule has 1 N–H and O–H groups in total. The average Bonchev–Trinajstić information content (AvgIpc) is 2.49. The van der Waals surface area contributed by atoms with E-state index >= 15 is 0 Å². The summed E-state index contributed by atoms with van der Waals surface area (Å²) in [7, 11) is 2.02. The van der Waals surface area contributed by atoms with Crippen LogP contribution in [0, 0.1) is 3.57 Å². The van der Waals surface area contributed by atoms with Gasteiger partial charge in [0.25, 0.3) is 0 Å². The van der Waals surface area contributed by atoms with E-state index in [-0.39, 0.29) is 6.04 Å². The van der Waals surface area contributed by atoms with Crippen LogP contribution < -0.4 is 5.32 Å². The van der Waals surface area contributed by atoms with Crippen LogP contribution in [0.2, 0.25) is 0 Å². The second kappa shape index (κ2) is 7.79. The minimum absolute atomic E-state index is 0.271. The van der Waals surface area contributed by atoms with Gasteiger partial charge in [0.15, 0.2) is 0 Å². The lowest BCUT2D eigenvalue weighted by molar-refractivity contribution is 0.691. The highest BCUT2D eigenvalue weighted by Gasteiger charge is 2.11. The molecule has 0 spiro atoms. The Morgan fingerprint density at radius 2 is 1.50 bits per heavy atom. The third-order valence-electron chi connectivity index (χ3n) is 3.62. The van der Waals surface area contributed by atoms with Gasteiger partial charge in [0.2, 0.25) is 0 Å². The van der Waals surface area contributed by atoms with Crippen LogP contribution in [0.1, 0.15) is 42.5 Å². The van der Waals surface area contributed by atoms with Gasteiger partial charge in [0, 0.05) is 3.57 Å². The van der Waals surface area contributed by atoms with Crippen molar-refractivity contribution in [1.29, 1.82) is 0 Å². The van der Waals surface area contributed by atoms with Crippen LogP contribution in [0.25, 0.3) is 0 Å². The zero-order valence-electron chi connectivity index (χ0n) is 12.2. The van der Waals surface area contributed by atoms with Crippen LogP contribution >= 0.6 is 22.6 Å². The number of hydrogen-bond donors (Lipinski definition) is 1. The van der Waals surface area contributed by atoms with Crippen molar-refractivity contribution in [1.82, 2.24) is 5.32 Å². The summed E-state index contributed by atoms with van der Waals surface area (Å²) in [6.45, 7) is 2.24. The predicted octanol–water partition coefficient (Wildman–Crippen LogP) is 4.94. The number of aryl methyl sites for hydroxylation is 1. The van der Waals surface area contributed by atoms with Gasteiger partial charge in [-0.25, -0.2) is 0 Å². The second-order valence-corrected chi connectivity index (χ2v) is 6.36. The van der Waals surface area contributed by atoms with Crippen LogP contribution in [0.15, 0.2) is 48.5 Å². The number of benzene rings is 2. The van der Waals surface area contributed by atoms with Gasteiger partial charge in [-0.05, 0) is 71.3 Å². The van der Waals surface area contributed by atoms with E-state index in [0.717, 1.165) is 0 Å². The zero-order valence-corrected chi connectivity index (χ0v) is 14.4. The number of nitrogens with one attached hydrogen (secondary N) is 1. The van der Waals surface area contributed by atoms with Crippen molar-refractivity contribution in [2.75, 3.05) is 7.05 Å². The Bertz CT molecular complexity index is 516. The van der Waals surface area contributed by atoms with Crippen molar-refractivity contribution in [2.45, 2.75) is 32.2 Å². The quantitative estimate of drug-likeness (QED) is 0.701. The molecule has 20 heavy (non-hydrogen) atoms. The highest BCUT2D eigenvalue weighted by atomic mass is 127. The summed E-state index contributed by atoms with van der Waals surface area (Å²) in [5.74, 6) is 0. The Balaban J connectivity index is 2.17. The molecule has 0 saturated heterocycles. The van der Waals surface area contributed by atoms with Gasteiger partial charge in [-0.1, -0.05) is 49.7 Å². The molecule has 2 aromatic carbocycles. The molecule has 1 atom stereocenters. The van der Waals surface area contributed by atoms with Crippen molar-refractivity contribution in [3.8, 4) is 0 Å². The summed E-state index contributed by atoms with van der Waals surface area (Å²) in [6.07, 6.45) is 3.71. The lowest BCUT2D eigenvalue weighted by Gasteiger charge is -2.18. The first-order chi connectivity index (χ1) is 9.74. The van der Waals surface area contributed by atoms with Gasteiger partial charge < -0.3 is 5.32 Å². The molecule has 0 aliphatic heterocycles. The van der Waals surface area contributed by atoms with E-state index in [1.54, 1.807) is 0 Å². The van der Waals surface area contributed by atoms with Crippen LogP contribution in [0.4, 0.5) is 0 Å². The first-order valence-corrected chi connectivity index (χ1v) is 8.34. The maximum atomic E-state index is 3.41. The van der Waals surface area contributed by atoms with E-state index in [4.69, 9.17) is 0 Å². The van der Waals surface area contributed by atoms with Crippen LogP contribution in [0.3, 0.4) is 0 Å². The molecule has 0 heterocycles. The van der Waals surface area contributed by atoms with Crippen LogP contribution in [-0.4, -0.2) is 7.05 Å². The molecule has 2 rings (SSSR count). The lowest BCUT2D eigenvalue weighted by atomic mass is 9.97. The molecule has 0 amide bonds. The van der Waals surface area contributed by atoms with Gasteiger partial charge in [-0.2, -0.15) is 0 Å². The molecule has 0 saturated carbocycles. The van der Waals surface area contributed by atoms with Gasteiger partial charge in [0.1, 0.15) is 0 Å². The van der Waals surface area contributed by atoms with Gasteiger partial charge in [0.05, 0.1) is 6.04 Å². The van der Waals surface area contributed by atoms with Crippen molar-refractivity contribution in [2.24, 2.45) is 0 Å². The van der Waals surface area contributed by atoms with E-state index < -0.39 is 0 Å². The fraction of sp³-hybridized carbons (Fsp3) is 0.333. The van der Waals surface area contributed by atoms with Crippen molar-refractivity contribution in [3.05, 3.63) is 68.8 Å². The number of hydrogen-bond acceptors (Lipinski definition) is 1.